The molecule has 3 nitrogen and oxygen atoms in total. The highest BCUT2D eigenvalue weighted by molar-refractivity contribution is 8.00. The van der Waals surface area contributed by atoms with Gasteiger partial charge in [0, 0.05) is 39.3 Å². The van der Waals surface area contributed by atoms with E-state index in [4.69, 9.17) is 11.6 Å². The molecular weight excluding hydrogens is 407 g/mol. The number of aromatic nitrogens is 1. The Hall–Kier alpha value is -2.76. The molecule has 0 fully saturated rings. The predicted octanol–water partition coefficient (Wildman–Crippen LogP) is 6.21. The zero-order valence-electron chi connectivity index (χ0n) is 15.4. The van der Waals surface area contributed by atoms with Crippen molar-refractivity contribution in [3.8, 4) is 0 Å². The zero-order chi connectivity index (χ0) is 20.2. The molecule has 4 rings (SSSR count). The molecule has 1 N–H and O–H groups in total. The van der Waals surface area contributed by atoms with Gasteiger partial charge in [0.25, 0.3) is 0 Å². The lowest BCUT2D eigenvalue weighted by Crippen LogP contribution is -2.13. The number of fused-ring (bicyclic) bond motifs is 1. The number of hydrogen-bond donors (Lipinski definition) is 1. The van der Waals surface area contributed by atoms with E-state index in [0.29, 0.717) is 12.2 Å². The van der Waals surface area contributed by atoms with E-state index in [2.05, 4.69) is 28.2 Å². The van der Waals surface area contributed by atoms with Crippen LogP contribution in [0.2, 0.25) is 5.02 Å². The predicted molar refractivity (Wildman–Crippen MR) is 118 cm³/mol. The Kier molecular flexibility index (Phi) is 5.88. The summed E-state index contributed by atoms with van der Waals surface area (Å²) >= 11 is 7.80. The molecule has 0 unspecified atom stereocenters. The lowest BCUT2D eigenvalue weighted by Gasteiger charge is -2.07. The van der Waals surface area contributed by atoms with E-state index in [1.807, 2.05) is 36.4 Å². The van der Waals surface area contributed by atoms with Gasteiger partial charge in [-0.25, -0.2) is 4.39 Å². The topological polar surface area (TPSA) is 34.0 Å². The van der Waals surface area contributed by atoms with E-state index in [1.165, 1.54) is 23.9 Å². The van der Waals surface area contributed by atoms with E-state index in [0.717, 1.165) is 26.4 Å². The summed E-state index contributed by atoms with van der Waals surface area (Å²) in [4.78, 5) is 13.3. The van der Waals surface area contributed by atoms with Gasteiger partial charge in [-0.2, -0.15) is 0 Å². The lowest BCUT2D eigenvalue weighted by atomic mass is 10.2. The molecule has 1 aromatic heterocycles. The average Bonchev–Trinajstić information content (AvgIpc) is 3.08. The first kappa shape index (κ1) is 19.6. The van der Waals surface area contributed by atoms with Crippen molar-refractivity contribution < 1.29 is 9.18 Å². The Labute approximate surface area is 177 Å². The molecule has 6 heteroatoms. The Morgan fingerprint density at radius 1 is 1.00 bits per heavy atom. The van der Waals surface area contributed by atoms with Gasteiger partial charge >= 0.3 is 0 Å². The summed E-state index contributed by atoms with van der Waals surface area (Å²) in [5, 5.41) is 4.62. The summed E-state index contributed by atoms with van der Waals surface area (Å²) in [6.45, 7) is 0.655. The maximum Gasteiger partial charge on any atom is 0.234 e. The molecule has 0 aliphatic carbocycles. The van der Waals surface area contributed by atoms with Crippen molar-refractivity contribution in [1.29, 1.82) is 0 Å². The number of carbonyl (C=O) groups excluding carboxylic acids is 1. The normalized spacial score (nSPS) is 11.0. The zero-order valence-corrected chi connectivity index (χ0v) is 17.0. The van der Waals surface area contributed by atoms with Crippen LogP contribution < -0.4 is 5.32 Å². The highest BCUT2D eigenvalue weighted by Crippen LogP contribution is 2.31. The molecule has 0 bridgehead atoms. The number of rotatable bonds is 6. The highest BCUT2D eigenvalue weighted by atomic mass is 35.5. The van der Waals surface area contributed by atoms with Gasteiger partial charge in [-0.05, 0) is 42.0 Å². The van der Waals surface area contributed by atoms with Crippen molar-refractivity contribution in [2.24, 2.45) is 0 Å². The van der Waals surface area contributed by atoms with Crippen LogP contribution >= 0.6 is 23.4 Å². The SMILES string of the molecule is O=C(CSc1cn(Cc2ccccc2Cl)c2ccccc12)Nc1ccc(F)cc1. The third-order valence-electron chi connectivity index (χ3n) is 4.54. The average molecular weight is 425 g/mol. The summed E-state index contributed by atoms with van der Waals surface area (Å²) in [7, 11) is 0. The Balaban J connectivity index is 1.51. The van der Waals surface area contributed by atoms with Gasteiger partial charge in [0.15, 0.2) is 0 Å². The van der Waals surface area contributed by atoms with Crippen molar-refractivity contribution in [2.45, 2.75) is 11.4 Å². The van der Waals surface area contributed by atoms with Gasteiger partial charge in [-0.15, -0.1) is 11.8 Å². The number of thioether (sulfide) groups is 1. The number of amides is 1. The number of halogens is 2. The first-order valence-electron chi connectivity index (χ1n) is 9.09. The molecule has 3 aromatic carbocycles. The second kappa shape index (κ2) is 8.72. The van der Waals surface area contributed by atoms with E-state index < -0.39 is 0 Å². The van der Waals surface area contributed by atoms with Gasteiger partial charge in [-0.3, -0.25) is 4.79 Å². The standard InChI is InChI=1S/C23H18ClFN2OS/c24-20-7-3-1-5-16(20)13-27-14-22(19-6-2-4-8-21(19)27)29-15-23(28)26-18-11-9-17(25)10-12-18/h1-12,14H,13,15H2,(H,26,28). The smallest absolute Gasteiger partial charge is 0.234 e. The molecule has 0 saturated carbocycles. The van der Waals surface area contributed by atoms with Gasteiger partial charge in [-0.1, -0.05) is 48.0 Å². The fourth-order valence-electron chi connectivity index (χ4n) is 3.14. The van der Waals surface area contributed by atoms with E-state index >= 15 is 0 Å². The molecule has 0 saturated heterocycles. The fourth-order valence-corrected chi connectivity index (χ4v) is 4.23. The molecule has 0 aliphatic rings. The van der Waals surface area contributed by atoms with Crippen LogP contribution in [0.15, 0.2) is 83.9 Å². The summed E-state index contributed by atoms with van der Waals surface area (Å²) in [6, 6.07) is 21.7. The molecule has 146 valence electrons. The first-order valence-corrected chi connectivity index (χ1v) is 10.5. The largest absolute Gasteiger partial charge is 0.342 e. The number of carbonyl (C=O) groups is 1. The third-order valence-corrected chi connectivity index (χ3v) is 5.95. The molecule has 4 aromatic rings. The number of benzene rings is 3. The number of hydrogen-bond acceptors (Lipinski definition) is 2. The summed E-state index contributed by atoms with van der Waals surface area (Å²) in [5.74, 6) is -0.203. The monoisotopic (exact) mass is 424 g/mol. The van der Waals surface area contributed by atoms with Crippen molar-refractivity contribution in [1.82, 2.24) is 4.57 Å². The Morgan fingerprint density at radius 2 is 1.72 bits per heavy atom. The van der Waals surface area contributed by atoms with Crippen LogP contribution in [0.4, 0.5) is 10.1 Å². The summed E-state index contributed by atoms with van der Waals surface area (Å²) < 4.78 is 15.1. The molecule has 1 amide bonds. The maximum atomic E-state index is 13.0. The van der Waals surface area contributed by atoms with Crippen LogP contribution in [-0.2, 0) is 11.3 Å². The van der Waals surface area contributed by atoms with Gasteiger partial charge in [0.2, 0.25) is 5.91 Å². The number of nitrogens with zero attached hydrogens (tertiary/aromatic N) is 1. The van der Waals surface area contributed by atoms with Gasteiger partial charge in [0.1, 0.15) is 5.82 Å². The molecule has 0 atom stereocenters. The second-order valence-electron chi connectivity index (χ2n) is 6.57. The fraction of sp³-hybridized carbons (Fsp3) is 0.0870. The molecule has 0 radical (unpaired) electrons. The molecule has 0 aliphatic heterocycles. The number of anilines is 1. The quantitative estimate of drug-likeness (QED) is 0.373. The minimum absolute atomic E-state index is 0.135. The van der Waals surface area contributed by atoms with Crippen LogP contribution in [0.1, 0.15) is 5.56 Å². The first-order chi connectivity index (χ1) is 14.1. The van der Waals surface area contributed by atoms with E-state index in [1.54, 1.807) is 12.1 Å². The Morgan fingerprint density at radius 3 is 2.52 bits per heavy atom. The maximum absolute atomic E-state index is 13.0. The minimum atomic E-state index is -0.330. The summed E-state index contributed by atoms with van der Waals surface area (Å²) in [6.07, 6.45) is 2.06. The Bertz CT molecular complexity index is 1160. The highest BCUT2D eigenvalue weighted by Gasteiger charge is 2.12. The van der Waals surface area contributed by atoms with Crippen LogP contribution in [0.3, 0.4) is 0 Å². The molecule has 1 heterocycles. The van der Waals surface area contributed by atoms with Crippen LogP contribution in [0.25, 0.3) is 10.9 Å². The van der Waals surface area contributed by atoms with Crippen LogP contribution in [-0.4, -0.2) is 16.2 Å². The molecule has 29 heavy (non-hydrogen) atoms. The van der Waals surface area contributed by atoms with Crippen molar-refractivity contribution in [3.05, 3.63) is 95.4 Å². The third kappa shape index (κ3) is 4.63. The van der Waals surface area contributed by atoms with Crippen molar-refractivity contribution in [2.75, 3.05) is 11.1 Å². The molecular formula is C23H18ClFN2OS. The summed E-state index contributed by atoms with van der Waals surface area (Å²) in [5.41, 5.74) is 2.72. The van der Waals surface area contributed by atoms with Gasteiger partial charge in [0.05, 0.1) is 5.75 Å². The molecule has 0 spiro atoms. The van der Waals surface area contributed by atoms with Gasteiger partial charge < -0.3 is 9.88 Å². The van der Waals surface area contributed by atoms with Crippen molar-refractivity contribution in [3.63, 3.8) is 0 Å². The van der Waals surface area contributed by atoms with Crippen molar-refractivity contribution >= 4 is 45.9 Å². The van der Waals surface area contributed by atoms with E-state index in [-0.39, 0.29) is 17.5 Å². The minimum Gasteiger partial charge on any atom is -0.342 e. The number of para-hydroxylation sites is 1. The number of nitrogens with one attached hydrogen (secondary N) is 1. The van der Waals surface area contributed by atoms with Crippen LogP contribution in [0.5, 0.6) is 0 Å². The second-order valence-corrected chi connectivity index (χ2v) is 8.00. The van der Waals surface area contributed by atoms with E-state index in [9.17, 15) is 9.18 Å². The van der Waals surface area contributed by atoms with Crippen LogP contribution in [0, 0.1) is 5.82 Å². The lowest BCUT2D eigenvalue weighted by molar-refractivity contribution is -0.113.